The molecule has 0 aliphatic carbocycles. The molecular formula is C26H21BrFN5O4. The number of hydrogen-bond donors (Lipinski definition) is 1. The minimum atomic E-state index is -0.830. The molecule has 1 aliphatic heterocycles. The molecule has 2 unspecified atom stereocenters. The molecule has 188 valence electrons. The van der Waals surface area contributed by atoms with Gasteiger partial charge in [0.15, 0.2) is 6.23 Å². The summed E-state index contributed by atoms with van der Waals surface area (Å²) in [5.41, 5.74) is 8.63. The van der Waals surface area contributed by atoms with Crippen molar-refractivity contribution in [1.82, 2.24) is 14.7 Å². The summed E-state index contributed by atoms with van der Waals surface area (Å²) in [7, 11) is 0. The number of anilines is 1. The zero-order chi connectivity index (χ0) is 26.3. The first-order chi connectivity index (χ1) is 17.7. The number of rotatable bonds is 6. The van der Waals surface area contributed by atoms with E-state index in [-0.39, 0.29) is 29.7 Å². The molecule has 3 aromatic carbocycles. The van der Waals surface area contributed by atoms with Gasteiger partial charge in [-0.05, 0) is 67.1 Å². The van der Waals surface area contributed by atoms with E-state index in [9.17, 15) is 19.3 Å². The molecule has 0 radical (unpaired) electrons. The Morgan fingerprint density at radius 1 is 1.16 bits per heavy atom. The Labute approximate surface area is 219 Å². The van der Waals surface area contributed by atoms with Crippen molar-refractivity contribution in [2.24, 2.45) is 0 Å². The van der Waals surface area contributed by atoms with Crippen LogP contribution in [0.2, 0.25) is 0 Å². The van der Waals surface area contributed by atoms with E-state index in [0.29, 0.717) is 22.4 Å². The summed E-state index contributed by atoms with van der Waals surface area (Å²) in [6.45, 7) is 1.60. The van der Waals surface area contributed by atoms with E-state index < -0.39 is 17.2 Å². The second kappa shape index (κ2) is 9.75. The Morgan fingerprint density at radius 2 is 1.86 bits per heavy atom. The molecule has 1 saturated heterocycles. The number of nitrogens with zero attached hydrogens (tertiary/aromatic N) is 4. The normalized spacial score (nSPS) is 16.2. The van der Waals surface area contributed by atoms with Crippen molar-refractivity contribution in [3.05, 3.63) is 104 Å². The quantitative estimate of drug-likeness (QED) is 0.186. The monoisotopic (exact) mass is 565 g/mol. The highest BCUT2D eigenvalue weighted by atomic mass is 79.9. The zero-order valence-corrected chi connectivity index (χ0v) is 21.1. The highest BCUT2D eigenvalue weighted by molar-refractivity contribution is 9.10. The van der Waals surface area contributed by atoms with Gasteiger partial charge in [-0.2, -0.15) is 5.10 Å². The number of benzene rings is 3. The largest absolute Gasteiger partial charge is 0.393 e. The van der Waals surface area contributed by atoms with Gasteiger partial charge in [-0.1, -0.05) is 22.0 Å². The van der Waals surface area contributed by atoms with Gasteiger partial charge in [0.1, 0.15) is 23.8 Å². The number of amides is 1. The summed E-state index contributed by atoms with van der Waals surface area (Å²) in [6.07, 6.45) is 0.944. The van der Waals surface area contributed by atoms with Crippen molar-refractivity contribution in [2.45, 2.75) is 19.2 Å². The van der Waals surface area contributed by atoms with Gasteiger partial charge in [-0.15, -0.1) is 0 Å². The Bertz CT molecular complexity index is 1490. The highest BCUT2D eigenvalue weighted by Gasteiger charge is 2.40. The molecule has 2 N–H and O–H groups in total. The maximum absolute atomic E-state index is 13.7. The predicted molar refractivity (Wildman–Crippen MR) is 138 cm³/mol. The number of nitro groups is 1. The van der Waals surface area contributed by atoms with Gasteiger partial charge in [0.25, 0.3) is 11.6 Å². The van der Waals surface area contributed by atoms with E-state index in [1.165, 1.54) is 29.2 Å². The van der Waals surface area contributed by atoms with Crippen molar-refractivity contribution >= 4 is 33.2 Å². The van der Waals surface area contributed by atoms with E-state index in [4.69, 9.17) is 15.6 Å². The zero-order valence-electron chi connectivity index (χ0n) is 19.5. The van der Waals surface area contributed by atoms with Crippen LogP contribution in [0.5, 0.6) is 0 Å². The maximum Gasteiger partial charge on any atom is 0.292 e. The molecule has 11 heteroatoms. The number of nitro benzene ring substituents is 1. The van der Waals surface area contributed by atoms with E-state index >= 15 is 0 Å². The lowest BCUT2D eigenvalue weighted by atomic mass is 10.0. The third-order valence-corrected chi connectivity index (χ3v) is 6.80. The first-order valence-corrected chi connectivity index (χ1v) is 12.1. The summed E-state index contributed by atoms with van der Waals surface area (Å²) < 4.78 is 22.2. The van der Waals surface area contributed by atoms with E-state index in [2.05, 4.69) is 15.9 Å². The van der Waals surface area contributed by atoms with Crippen LogP contribution in [0.25, 0.3) is 16.9 Å². The topological polar surface area (TPSA) is 117 Å². The van der Waals surface area contributed by atoms with Gasteiger partial charge in [0.05, 0.1) is 16.7 Å². The first-order valence-electron chi connectivity index (χ1n) is 11.3. The minimum Gasteiger partial charge on any atom is -0.393 e. The second-order valence-corrected chi connectivity index (χ2v) is 9.49. The highest BCUT2D eigenvalue weighted by Crippen LogP contribution is 2.40. The Morgan fingerprint density at radius 3 is 2.54 bits per heavy atom. The fourth-order valence-corrected chi connectivity index (χ4v) is 4.62. The Kier molecular flexibility index (Phi) is 6.48. The van der Waals surface area contributed by atoms with E-state index in [1.807, 2.05) is 24.3 Å². The Balaban J connectivity index is 1.60. The molecule has 1 fully saturated rings. The smallest absolute Gasteiger partial charge is 0.292 e. The van der Waals surface area contributed by atoms with E-state index in [1.54, 1.807) is 36.0 Å². The van der Waals surface area contributed by atoms with Crippen LogP contribution < -0.4 is 5.73 Å². The molecule has 0 spiro atoms. The van der Waals surface area contributed by atoms with Crippen LogP contribution in [-0.2, 0) is 9.53 Å². The molecule has 0 bridgehead atoms. The predicted octanol–water partition coefficient (Wildman–Crippen LogP) is 5.55. The number of aromatic nitrogens is 2. The van der Waals surface area contributed by atoms with Crippen LogP contribution in [0, 0.1) is 15.9 Å². The number of hydrogen-bond acceptors (Lipinski definition) is 6. The molecule has 0 saturated carbocycles. The van der Waals surface area contributed by atoms with Crippen molar-refractivity contribution in [2.75, 3.05) is 12.3 Å². The maximum atomic E-state index is 13.7. The standard InChI is InChI=1S/C26H21BrFN5O4/c1-15(17-4-11-22(29)23(12-17)33(35)36)32-24(34)14-37-26(32)21-13-31(20-9-5-18(27)6-10-20)30-25(21)16-2-7-19(28)8-3-16/h2-13,15,26H,14,29H2,1H3. The van der Waals surface area contributed by atoms with Crippen LogP contribution in [-0.4, -0.2) is 32.1 Å². The number of carbonyl (C=O) groups excluding carboxylic acids is 1. The lowest BCUT2D eigenvalue weighted by Gasteiger charge is -2.29. The summed E-state index contributed by atoms with van der Waals surface area (Å²) in [5.74, 6) is -0.663. The first kappa shape index (κ1) is 24.6. The fourth-order valence-electron chi connectivity index (χ4n) is 4.36. The van der Waals surface area contributed by atoms with Crippen LogP contribution in [0.3, 0.4) is 0 Å². The molecule has 9 nitrogen and oxygen atoms in total. The summed E-state index contributed by atoms with van der Waals surface area (Å²) in [5, 5.41) is 16.2. The third kappa shape index (κ3) is 4.70. The molecule has 1 amide bonds. The lowest BCUT2D eigenvalue weighted by Crippen LogP contribution is -2.31. The molecule has 37 heavy (non-hydrogen) atoms. The Hall–Kier alpha value is -4.09. The van der Waals surface area contributed by atoms with Crippen molar-refractivity contribution in [3.63, 3.8) is 0 Å². The molecular weight excluding hydrogens is 545 g/mol. The van der Waals surface area contributed by atoms with Crippen molar-refractivity contribution < 1.29 is 18.8 Å². The average Bonchev–Trinajstić information content (AvgIpc) is 3.48. The van der Waals surface area contributed by atoms with Gasteiger partial charge in [-0.3, -0.25) is 14.9 Å². The average molecular weight is 566 g/mol. The minimum absolute atomic E-state index is 0.0378. The molecule has 4 aromatic rings. The molecule has 1 aromatic heterocycles. The third-order valence-electron chi connectivity index (χ3n) is 6.27. The molecule has 2 heterocycles. The molecule has 5 rings (SSSR count). The number of carbonyl (C=O) groups is 1. The van der Waals surface area contributed by atoms with Crippen LogP contribution in [0.4, 0.5) is 15.8 Å². The molecule has 2 atom stereocenters. The van der Waals surface area contributed by atoms with Gasteiger partial charge < -0.3 is 15.4 Å². The van der Waals surface area contributed by atoms with Crippen LogP contribution in [0.1, 0.15) is 30.3 Å². The number of ether oxygens (including phenoxy) is 1. The van der Waals surface area contributed by atoms with Crippen LogP contribution >= 0.6 is 15.9 Å². The van der Waals surface area contributed by atoms with Crippen molar-refractivity contribution in [3.8, 4) is 16.9 Å². The SMILES string of the molecule is CC(c1ccc(N)c([N+](=O)[O-])c1)N1C(=O)COC1c1cn(-c2ccc(Br)cc2)nc1-c1ccc(F)cc1. The number of nitrogen functional groups attached to an aromatic ring is 1. The van der Waals surface area contributed by atoms with E-state index in [0.717, 1.165) is 10.2 Å². The van der Waals surface area contributed by atoms with Gasteiger partial charge in [0, 0.05) is 27.9 Å². The number of halogens is 2. The van der Waals surface area contributed by atoms with Crippen molar-refractivity contribution in [1.29, 1.82) is 0 Å². The van der Waals surface area contributed by atoms with Crippen LogP contribution in [0.15, 0.2) is 77.4 Å². The number of nitrogens with two attached hydrogens (primary N) is 1. The van der Waals surface area contributed by atoms with Gasteiger partial charge in [0.2, 0.25) is 0 Å². The summed E-state index contributed by atoms with van der Waals surface area (Å²) in [6, 6.07) is 17.3. The van der Waals surface area contributed by atoms with Gasteiger partial charge >= 0.3 is 0 Å². The molecule has 1 aliphatic rings. The lowest BCUT2D eigenvalue weighted by molar-refractivity contribution is -0.384. The summed E-state index contributed by atoms with van der Waals surface area (Å²) in [4.78, 5) is 25.4. The van der Waals surface area contributed by atoms with Gasteiger partial charge in [-0.25, -0.2) is 9.07 Å². The fraction of sp³-hybridized carbons (Fsp3) is 0.154. The second-order valence-electron chi connectivity index (χ2n) is 8.58. The summed E-state index contributed by atoms with van der Waals surface area (Å²) >= 11 is 3.43.